The van der Waals surface area contributed by atoms with Crippen LogP contribution in [0.25, 0.3) is 11.1 Å². The summed E-state index contributed by atoms with van der Waals surface area (Å²) >= 11 is 1.37. The number of piperazine rings is 1. The maximum absolute atomic E-state index is 12.5. The van der Waals surface area contributed by atoms with Crippen LogP contribution in [0.1, 0.15) is 5.56 Å². The molecule has 1 aliphatic rings. The lowest BCUT2D eigenvalue weighted by Gasteiger charge is -2.34. The molecule has 27 heavy (non-hydrogen) atoms. The topological polar surface area (TPSA) is 49.6 Å². The van der Waals surface area contributed by atoms with Crippen LogP contribution < -0.4 is 0 Å². The molecule has 1 aromatic heterocycles. The number of carbonyl (C=O) groups is 1. The molecule has 0 N–H and O–H groups in total. The molecule has 3 aromatic rings. The lowest BCUT2D eigenvalue weighted by Crippen LogP contribution is -2.49. The fraction of sp³-hybridized carbons (Fsp3) is 0.333. The molecule has 2 aromatic carbocycles. The van der Waals surface area contributed by atoms with Crippen molar-refractivity contribution in [3.63, 3.8) is 0 Å². The zero-order valence-corrected chi connectivity index (χ0v) is 16.0. The highest BCUT2D eigenvalue weighted by Gasteiger charge is 2.21. The Balaban J connectivity index is 1.21. The van der Waals surface area contributed by atoms with E-state index < -0.39 is 0 Å². The highest BCUT2D eigenvalue weighted by molar-refractivity contribution is 7.99. The molecule has 5 nitrogen and oxygen atoms in total. The molecule has 0 unspecified atom stereocenters. The number of benzene rings is 2. The van der Waals surface area contributed by atoms with Gasteiger partial charge in [-0.3, -0.25) is 9.69 Å². The SMILES string of the molecule is O=C(CSc1nc2ccccc2o1)N1CCN(CCc2ccccc2)CC1. The number of rotatable bonds is 6. The maximum atomic E-state index is 12.5. The number of fused-ring (bicyclic) bond motifs is 1. The first-order valence-electron chi connectivity index (χ1n) is 9.30. The monoisotopic (exact) mass is 381 g/mol. The van der Waals surface area contributed by atoms with Gasteiger partial charge in [0.1, 0.15) is 5.52 Å². The fourth-order valence-electron chi connectivity index (χ4n) is 3.28. The third kappa shape index (κ3) is 4.70. The molecule has 0 spiro atoms. The van der Waals surface area contributed by atoms with Gasteiger partial charge in [0.05, 0.1) is 5.75 Å². The number of aromatic nitrogens is 1. The second kappa shape index (κ2) is 8.59. The lowest BCUT2D eigenvalue weighted by molar-refractivity contribution is -0.130. The molecule has 1 amide bonds. The number of hydrogen-bond donors (Lipinski definition) is 0. The fourth-order valence-corrected chi connectivity index (χ4v) is 4.02. The van der Waals surface area contributed by atoms with Crippen LogP contribution in [0.3, 0.4) is 0 Å². The van der Waals surface area contributed by atoms with Crippen molar-refractivity contribution in [2.45, 2.75) is 11.6 Å². The Morgan fingerprint density at radius 1 is 1.00 bits per heavy atom. The number of amides is 1. The second-order valence-corrected chi connectivity index (χ2v) is 7.62. The van der Waals surface area contributed by atoms with E-state index in [1.807, 2.05) is 35.2 Å². The normalized spacial score (nSPS) is 15.3. The van der Waals surface area contributed by atoms with E-state index in [0.717, 1.165) is 50.2 Å². The third-order valence-corrected chi connectivity index (χ3v) is 5.69. The number of hydrogen-bond acceptors (Lipinski definition) is 5. The molecular weight excluding hydrogens is 358 g/mol. The van der Waals surface area contributed by atoms with Crippen LogP contribution in [0.5, 0.6) is 0 Å². The van der Waals surface area contributed by atoms with E-state index >= 15 is 0 Å². The first kappa shape index (κ1) is 18.1. The minimum absolute atomic E-state index is 0.157. The zero-order valence-electron chi connectivity index (χ0n) is 15.2. The molecule has 0 bridgehead atoms. The molecule has 1 saturated heterocycles. The predicted octanol–water partition coefficient (Wildman–Crippen LogP) is 3.31. The van der Waals surface area contributed by atoms with Gasteiger partial charge in [0, 0.05) is 32.7 Å². The summed E-state index contributed by atoms with van der Waals surface area (Å²) in [7, 11) is 0. The molecule has 140 valence electrons. The molecule has 0 saturated carbocycles. The van der Waals surface area contributed by atoms with E-state index in [2.05, 4.69) is 34.1 Å². The van der Waals surface area contributed by atoms with Crippen LogP contribution in [0, 0.1) is 0 Å². The lowest BCUT2D eigenvalue weighted by atomic mass is 10.1. The van der Waals surface area contributed by atoms with Crippen LogP contribution in [-0.4, -0.2) is 59.2 Å². The van der Waals surface area contributed by atoms with Crippen LogP contribution >= 0.6 is 11.8 Å². The van der Waals surface area contributed by atoms with Crippen molar-refractivity contribution in [2.24, 2.45) is 0 Å². The van der Waals surface area contributed by atoms with Crippen molar-refractivity contribution in [3.8, 4) is 0 Å². The average molecular weight is 382 g/mol. The Labute approximate surface area is 163 Å². The molecule has 0 radical (unpaired) electrons. The maximum Gasteiger partial charge on any atom is 0.257 e. The summed E-state index contributed by atoms with van der Waals surface area (Å²) in [5.74, 6) is 0.529. The minimum Gasteiger partial charge on any atom is -0.431 e. The van der Waals surface area contributed by atoms with Gasteiger partial charge in [-0.15, -0.1) is 0 Å². The molecule has 4 rings (SSSR count). The standard InChI is InChI=1S/C21H23N3O2S/c25-20(16-27-21-22-18-8-4-5-9-19(18)26-21)24-14-12-23(13-15-24)11-10-17-6-2-1-3-7-17/h1-9H,10-16H2. The van der Waals surface area contributed by atoms with Gasteiger partial charge in [-0.1, -0.05) is 54.2 Å². The Bertz CT molecular complexity index is 856. The van der Waals surface area contributed by atoms with Gasteiger partial charge in [-0.25, -0.2) is 4.98 Å². The first-order chi connectivity index (χ1) is 13.3. The third-order valence-electron chi connectivity index (χ3n) is 4.88. The van der Waals surface area contributed by atoms with Gasteiger partial charge in [0.2, 0.25) is 5.91 Å². The Morgan fingerprint density at radius 3 is 2.52 bits per heavy atom. The van der Waals surface area contributed by atoms with Gasteiger partial charge in [0.25, 0.3) is 5.22 Å². The van der Waals surface area contributed by atoms with Gasteiger partial charge in [0.15, 0.2) is 5.58 Å². The summed E-state index contributed by atoms with van der Waals surface area (Å²) in [5, 5.41) is 0.561. The van der Waals surface area contributed by atoms with Gasteiger partial charge >= 0.3 is 0 Å². The van der Waals surface area contributed by atoms with Gasteiger partial charge in [-0.2, -0.15) is 0 Å². The summed E-state index contributed by atoms with van der Waals surface area (Å²) < 4.78 is 5.67. The van der Waals surface area contributed by atoms with Crippen molar-refractivity contribution < 1.29 is 9.21 Å². The molecule has 6 heteroatoms. The summed E-state index contributed by atoms with van der Waals surface area (Å²) in [6.07, 6.45) is 1.06. The second-order valence-electron chi connectivity index (χ2n) is 6.69. The number of carbonyl (C=O) groups excluding carboxylic acids is 1. The minimum atomic E-state index is 0.157. The van der Waals surface area contributed by atoms with E-state index in [1.165, 1.54) is 17.3 Å². The molecule has 0 aliphatic carbocycles. The van der Waals surface area contributed by atoms with Crippen LogP contribution in [0.2, 0.25) is 0 Å². The zero-order chi connectivity index (χ0) is 18.5. The van der Waals surface area contributed by atoms with E-state index in [4.69, 9.17) is 4.42 Å². The Hall–Kier alpha value is -2.31. The van der Waals surface area contributed by atoms with E-state index in [1.54, 1.807) is 0 Å². The summed E-state index contributed by atoms with van der Waals surface area (Å²) in [6, 6.07) is 18.2. The predicted molar refractivity (Wildman–Crippen MR) is 108 cm³/mol. The highest BCUT2D eigenvalue weighted by Crippen LogP contribution is 2.23. The summed E-state index contributed by atoms with van der Waals surface area (Å²) in [4.78, 5) is 21.3. The largest absolute Gasteiger partial charge is 0.431 e. The van der Waals surface area contributed by atoms with Crippen molar-refractivity contribution >= 4 is 28.8 Å². The average Bonchev–Trinajstić information content (AvgIpc) is 3.15. The van der Waals surface area contributed by atoms with Crippen molar-refractivity contribution in [1.29, 1.82) is 0 Å². The van der Waals surface area contributed by atoms with E-state index in [0.29, 0.717) is 11.0 Å². The van der Waals surface area contributed by atoms with Crippen LogP contribution in [-0.2, 0) is 11.2 Å². The number of nitrogens with zero attached hydrogens (tertiary/aromatic N) is 3. The Kier molecular flexibility index (Phi) is 5.75. The summed E-state index contributed by atoms with van der Waals surface area (Å²) in [6.45, 7) is 4.51. The van der Waals surface area contributed by atoms with Crippen molar-refractivity contribution in [1.82, 2.24) is 14.8 Å². The molecule has 1 aliphatic heterocycles. The number of thioether (sulfide) groups is 1. The summed E-state index contributed by atoms with van der Waals surface area (Å²) in [5.41, 5.74) is 2.96. The van der Waals surface area contributed by atoms with Crippen molar-refractivity contribution in [3.05, 3.63) is 60.2 Å². The molecule has 2 heterocycles. The van der Waals surface area contributed by atoms with Gasteiger partial charge in [-0.05, 0) is 24.1 Å². The van der Waals surface area contributed by atoms with E-state index in [9.17, 15) is 4.79 Å². The Morgan fingerprint density at radius 2 is 1.74 bits per heavy atom. The van der Waals surface area contributed by atoms with Crippen LogP contribution in [0.15, 0.2) is 64.2 Å². The number of oxazole rings is 1. The molecule has 0 atom stereocenters. The first-order valence-corrected chi connectivity index (χ1v) is 10.3. The molecule has 1 fully saturated rings. The van der Waals surface area contributed by atoms with Gasteiger partial charge < -0.3 is 9.32 Å². The van der Waals surface area contributed by atoms with E-state index in [-0.39, 0.29) is 5.91 Å². The van der Waals surface area contributed by atoms with Crippen LogP contribution in [0.4, 0.5) is 0 Å². The number of para-hydroxylation sites is 2. The quantitative estimate of drug-likeness (QED) is 0.613. The molecular formula is C21H23N3O2S. The highest BCUT2D eigenvalue weighted by atomic mass is 32.2. The van der Waals surface area contributed by atoms with Crippen molar-refractivity contribution in [2.75, 3.05) is 38.5 Å². The smallest absolute Gasteiger partial charge is 0.257 e.